The van der Waals surface area contributed by atoms with Gasteiger partial charge in [0.15, 0.2) is 5.58 Å². The van der Waals surface area contributed by atoms with Gasteiger partial charge in [-0.1, -0.05) is 24.3 Å². The molecule has 0 aliphatic rings. The minimum absolute atomic E-state index is 0.0170. The molecule has 7 heteroatoms. The Morgan fingerprint density at radius 2 is 1.82 bits per heavy atom. The molecule has 0 bridgehead atoms. The smallest absolute Gasteiger partial charge is 0.300 e. The fourth-order valence-electron chi connectivity index (χ4n) is 3.28. The zero-order valence-electron chi connectivity index (χ0n) is 16.5. The second kappa shape index (κ2) is 7.09. The maximum Gasteiger partial charge on any atom is 0.300 e. The third-order valence-corrected chi connectivity index (χ3v) is 5.29. The molecule has 144 valence electrons. The fraction of sp³-hybridized carbons (Fsp3) is 0.286. The normalized spacial score (nSPS) is 13.2. The molecule has 28 heavy (non-hydrogen) atoms. The second-order valence-corrected chi connectivity index (χ2v) is 7.56. The van der Waals surface area contributed by atoms with Gasteiger partial charge in [0.05, 0.1) is 6.04 Å². The van der Waals surface area contributed by atoms with E-state index in [9.17, 15) is 0 Å². The van der Waals surface area contributed by atoms with Gasteiger partial charge in [0.25, 0.3) is 6.01 Å². The molecule has 0 saturated heterocycles. The fourth-order valence-corrected chi connectivity index (χ4v) is 3.28. The number of likely N-dealkylation sites (N-methyl/N-ethyl adjacent to an activating group) is 1. The minimum atomic E-state index is -0.164. The van der Waals surface area contributed by atoms with Crippen LogP contribution in [0, 0.1) is 0 Å². The van der Waals surface area contributed by atoms with E-state index in [4.69, 9.17) is 4.42 Å². The molecule has 0 radical (unpaired) electrons. The minimum Gasteiger partial charge on any atom is -0.423 e. The Bertz CT molecular complexity index is 1020. The van der Waals surface area contributed by atoms with Gasteiger partial charge in [0.1, 0.15) is 18.2 Å². The highest BCUT2D eigenvalue weighted by molar-refractivity contribution is 5.75. The quantitative estimate of drug-likeness (QED) is 0.546. The van der Waals surface area contributed by atoms with Crippen molar-refractivity contribution in [3.63, 3.8) is 0 Å². The lowest BCUT2D eigenvalue weighted by atomic mass is 9.87. The molecule has 4 rings (SSSR count). The molecule has 1 atom stereocenters. The van der Waals surface area contributed by atoms with E-state index in [0.717, 1.165) is 22.4 Å². The number of benzene rings is 2. The highest BCUT2D eigenvalue weighted by atomic mass is 16.4. The Balaban J connectivity index is 1.61. The molecule has 0 fully saturated rings. The first-order valence-electron chi connectivity index (χ1n) is 9.19. The van der Waals surface area contributed by atoms with Crippen molar-refractivity contribution in [1.82, 2.24) is 24.6 Å². The van der Waals surface area contributed by atoms with Gasteiger partial charge in [-0.25, -0.2) is 9.67 Å². The molecular formula is C21H24N6O. The summed E-state index contributed by atoms with van der Waals surface area (Å²) in [6.07, 6.45) is 3.34. The van der Waals surface area contributed by atoms with Crippen LogP contribution >= 0.6 is 0 Å². The topological polar surface area (TPSA) is 72.0 Å². The van der Waals surface area contributed by atoms with E-state index in [1.807, 2.05) is 41.1 Å². The predicted molar refractivity (Wildman–Crippen MR) is 110 cm³/mol. The Labute approximate surface area is 164 Å². The molecule has 7 nitrogen and oxygen atoms in total. The summed E-state index contributed by atoms with van der Waals surface area (Å²) in [6.45, 7) is 4.40. The molecule has 0 saturated carbocycles. The van der Waals surface area contributed by atoms with Gasteiger partial charge in [-0.15, -0.1) is 0 Å². The molecular weight excluding hydrogens is 352 g/mol. The Morgan fingerprint density at radius 3 is 2.46 bits per heavy atom. The average molecular weight is 376 g/mol. The standard InChI is InChI=1S/C21H24N6O/c1-21(2,26(3)4)19(27-14-22-13-23-27)15-9-11-16(12-10-15)24-20-25-17-7-5-6-8-18(17)28-20/h5-14,19H,1-4H3,(H,24,25). The number of oxazole rings is 1. The summed E-state index contributed by atoms with van der Waals surface area (Å²) in [4.78, 5) is 10.8. The highest BCUT2D eigenvalue weighted by Crippen LogP contribution is 2.33. The van der Waals surface area contributed by atoms with Gasteiger partial charge in [0.2, 0.25) is 0 Å². The number of anilines is 2. The van der Waals surface area contributed by atoms with E-state index >= 15 is 0 Å². The molecule has 2 aromatic carbocycles. The summed E-state index contributed by atoms with van der Waals surface area (Å²) in [7, 11) is 4.15. The number of nitrogens with one attached hydrogen (secondary N) is 1. The van der Waals surface area contributed by atoms with Crippen LogP contribution in [0.2, 0.25) is 0 Å². The van der Waals surface area contributed by atoms with Crippen molar-refractivity contribution in [2.24, 2.45) is 0 Å². The molecule has 2 heterocycles. The monoisotopic (exact) mass is 376 g/mol. The number of para-hydroxylation sites is 2. The summed E-state index contributed by atoms with van der Waals surface area (Å²) < 4.78 is 7.65. The van der Waals surface area contributed by atoms with Crippen LogP contribution in [0.25, 0.3) is 11.1 Å². The summed E-state index contributed by atoms with van der Waals surface area (Å²) in [5, 5.41) is 7.63. The van der Waals surface area contributed by atoms with Crippen molar-refractivity contribution in [2.75, 3.05) is 19.4 Å². The molecule has 0 aliphatic carbocycles. The largest absolute Gasteiger partial charge is 0.423 e. The van der Waals surface area contributed by atoms with Crippen LogP contribution in [0.5, 0.6) is 0 Å². The van der Waals surface area contributed by atoms with Crippen LogP contribution in [-0.2, 0) is 0 Å². The van der Waals surface area contributed by atoms with Gasteiger partial charge in [-0.05, 0) is 57.8 Å². The van der Waals surface area contributed by atoms with Crippen LogP contribution in [0.15, 0.2) is 65.6 Å². The number of rotatable bonds is 6. The van der Waals surface area contributed by atoms with E-state index < -0.39 is 0 Å². The van der Waals surface area contributed by atoms with Gasteiger partial charge in [-0.3, -0.25) is 0 Å². The average Bonchev–Trinajstić information content (AvgIpc) is 3.32. The Morgan fingerprint density at radius 1 is 1.07 bits per heavy atom. The zero-order chi connectivity index (χ0) is 19.7. The first kappa shape index (κ1) is 18.2. The van der Waals surface area contributed by atoms with Gasteiger partial charge in [0, 0.05) is 11.2 Å². The highest BCUT2D eigenvalue weighted by Gasteiger charge is 2.35. The van der Waals surface area contributed by atoms with Crippen molar-refractivity contribution in [2.45, 2.75) is 25.4 Å². The zero-order valence-corrected chi connectivity index (χ0v) is 16.5. The van der Waals surface area contributed by atoms with Crippen molar-refractivity contribution in [3.8, 4) is 0 Å². The second-order valence-electron chi connectivity index (χ2n) is 7.56. The molecule has 2 aromatic heterocycles. The van der Waals surface area contributed by atoms with Crippen molar-refractivity contribution >= 4 is 22.8 Å². The van der Waals surface area contributed by atoms with Crippen LogP contribution in [0.4, 0.5) is 11.7 Å². The molecule has 0 aliphatic heterocycles. The van der Waals surface area contributed by atoms with E-state index in [1.165, 1.54) is 0 Å². The molecule has 1 N–H and O–H groups in total. The predicted octanol–water partition coefficient (Wildman–Crippen LogP) is 4.09. The van der Waals surface area contributed by atoms with Crippen LogP contribution in [0.3, 0.4) is 0 Å². The van der Waals surface area contributed by atoms with E-state index in [2.05, 4.69) is 65.4 Å². The number of nitrogens with zero attached hydrogens (tertiary/aromatic N) is 5. The third-order valence-electron chi connectivity index (χ3n) is 5.29. The van der Waals surface area contributed by atoms with E-state index in [0.29, 0.717) is 6.01 Å². The summed E-state index contributed by atoms with van der Waals surface area (Å²) in [5.41, 5.74) is 3.49. The Kier molecular flexibility index (Phi) is 4.60. The van der Waals surface area contributed by atoms with Gasteiger partial charge < -0.3 is 14.6 Å². The summed E-state index contributed by atoms with van der Waals surface area (Å²) in [5.74, 6) is 0. The summed E-state index contributed by atoms with van der Waals surface area (Å²) >= 11 is 0. The lowest BCUT2D eigenvalue weighted by Gasteiger charge is -2.40. The SMILES string of the molecule is CN(C)C(C)(C)C(c1ccc(Nc2nc3ccccc3o2)cc1)n1cncn1. The number of hydrogen-bond donors (Lipinski definition) is 1. The first-order valence-corrected chi connectivity index (χ1v) is 9.19. The third kappa shape index (κ3) is 3.36. The van der Waals surface area contributed by atoms with Crippen molar-refractivity contribution in [3.05, 3.63) is 66.7 Å². The van der Waals surface area contributed by atoms with Gasteiger partial charge >= 0.3 is 0 Å². The van der Waals surface area contributed by atoms with Crippen LogP contribution in [-0.4, -0.2) is 44.3 Å². The van der Waals surface area contributed by atoms with Crippen LogP contribution in [0.1, 0.15) is 25.5 Å². The maximum atomic E-state index is 5.74. The number of aromatic nitrogens is 4. The number of fused-ring (bicyclic) bond motifs is 1. The van der Waals surface area contributed by atoms with Crippen LogP contribution < -0.4 is 5.32 Å². The lowest BCUT2D eigenvalue weighted by Crippen LogP contribution is -2.46. The summed E-state index contributed by atoms with van der Waals surface area (Å²) in [6, 6.07) is 16.5. The van der Waals surface area contributed by atoms with E-state index in [-0.39, 0.29) is 11.6 Å². The molecule has 0 amide bonds. The maximum absolute atomic E-state index is 5.74. The van der Waals surface area contributed by atoms with Crippen molar-refractivity contribution < 1.29 is 4.42 Å². The lowest BCUT2D eigenvalue weighted by molar-refractivity contribution is 0.134. The van der Waals surface area contributed by atoms with E-state index in [1.54, 1.807) is 12.7 Å². The Hall–Kier alpha value is -3.19. The van der Waals surface area contributed by atoms with Gasteiger partial charge in [-0.2, -0.15) is 10.1 Å². The molecule has 1 unspecified atom stereocenters. The van der Waals surface area contributed by atoms with Crippen molar-refractivity contribution in [1.29, 1.82) is 0 Å². The molecule has 4 aromatic rings. The number of hydrogen-bond acceptors (Lipinski definition) is 6. The molecule has 0 spiro atoms. The first-order chi connectivity index (χ1) is 13.4.